The van der Waals surface area contributed by atoms with Crippen molar-refractivity contribution >= 4 is 17.4 Å². The Hall–Kier alpha value is -1.84. The summed E-state index contributed by atoms with van der Waals surface area (Å²) in [5, 5.41) is 8.76. The second kappa shape index (κ2) is 3.73. The summed E-state index contributed by atoms with van der Waals surface area (Å²) in [6.07, 6.45) is 0.460. The van der Waals surface area contributed by atoms with Gasteiger partial charge in [-0.15, -0.1) is 0 Å². The van der Waals surface area contributed by atoms with E-state index < -0.39 is 5.97 Å². The van der Waals surface area contributed by atoms with Gasteiger partial charge in [0.1, 0.15) is 6.54 Å². The van der Waals surface area contributed by atoms with Crippen LogP contribution in [0.15, 0.2) is 30.3 Å². The van der Waals surface area contributed by atoms with E-state index >= 15 is 0 Å². The van der Waals surface area contributed by atoms with E-state index in [4.69, 9.17) is 5.11 Å². The first-order valence-electron chi connectivity index (χ1n) is 4.74. The molecule has 0 spiro atoms. The Kier molecular flexibility index (Phi) is 2.41. The third-order valence-corrected chi connectivity index (χ3v) is 2.38. The molecule has 15 heavy (non-hydrogen) atoms. The zero-order valence-corrected chi connectivity index (χ0v) is 8.09. The van der Waals surface area contributed by atoms with Crippen molar-refractivity contribution in [3.8, 4) is 0 Å². The summed E-state index contributed by atoms with van der Waals surface area (Å²) in [5.41, 5.74) is 0.788. The van der Waals surface area contributed by atoms with Crippen LogP contribution >= 0.6 is 0 Å². The number of benzene rings is 1. The minimum atomic E-state index is -0.918. The average molecular weight is 205 g/mol. The molecular weight excluding hydrogens is 194 g/mol. The maximum absolute atomic E-state index is 11.0. The predicted molar refractivity (Wildman–Crippen MR) is 54.8 cm³/mol. The zero-order chi connectivity index (χ0) is 10.8. The molecule has 0 amide bonds. The van der Waals surface area contributed by atoms with Gasteiger partial charge in [0.15, 0.2) is 5.78 Å². The Balaban J connectivity index is 2.19. The van der Waals surface area contributed by atoms with Gasteiger partial charge < -0.3 is 10.0 Å². The Morgan fingerprint density at radius 3 is 2.47 bits per heavy atom. The molecule has 78 valence electrons. The topological polar surface area (TPSA) is 57.6 Å². The van der Waals surface area contributed by atoms with Crippen LogP contribution in [0, 0.1) is 0 Å². The van der Waals surface area contributed by atoms with Gasteiger partial charge in [-0.2, -0.15) is 0 Å². The van der Waals surface area contributed by atoms with Crippen molar-refractivity contribution in [2.75, 3.05) is 11.4 Å². The van der Waals surface area contributed by atoms with Crippen molar-refractivity contribution < 1.29 is 14.7 Å². The molecular formula is C11H11NO3. The highest BCUT2D eigenvalue weighted by Gasteiger charge is 2.40. The summed E-state index contributed by atoms with van der Waals surface area (Å²) in [4.78, 5) is 23.3. The van der Waals surface area contributed by atoms with Gasteiger partial charge in [0.2, 0.25) is 0 Å². The summed E-state index contributed by atoms with van der Waals surface area (Å²) >= 11 is 0. The third-order valence-electron chi connectivity index (χ3n) is 2.38. The predicted octanol–water partition coefficient (Wildman–Crippen LogP) is 0.919. The van der Waals surface area contributed by atoms with Crippen molar-refractivity contribution in [1.29, 1.82) is 0 Å². The standard InChI is InChI=1S/C11H11NO3/c13-10-6-9(10)12(7-11(14)15)8-4-2-1-3-5-8/h1-5,9H,6-7H2,(H,14,15). The molecule has 0 saturated heterocycles. The number of Topliss-reactive ketones (excluding diaryl/α,β-unsaturated/α-hetero) is 1. The molecule has 1 fully saturated rings. The van der Waals surface area contributed by atoms with Crippen molar-refractivity contribution in [3.63, 3.8) is 0 Å². The van der Waals surface area contributed by atoms with Crippen molar-refractivity contribution in [3.05, 3.63) is 30.3 Å². The van der Waals surface area contributed by atoms with Gasteiger partial charge in [0.25, 0.3) is 0 Å². The molecule has 1 aliphatic rings. The molecule has 0 aromatic heterocycles. The van der Waals surface area contributed by atoms with E-state index in [1.807, 2.05) is 30.3 Å². The fourth-order valence-corrected chi connectivity index (χ4v) is 1.56. The monoisotopic (exact) mass is 205 g/mol. The highest BCUT2D eigenvalue weighted by molar-refractivity contribution is 6.03. The van der Waals surface area contributed by atoms with Crippen LogP contribution < -0.4 is 4.90 Å². The summed E-state index contributed by atoms with van der Waals surface area (Å²) in [6, 6.07) is 8.91. The lowest BCUT2D eigenvalue weighted by molar-refractivity contribution is -0.135. The lowest BCUT2D eigenvalue weighted by Crippen LogP contribution is -2.32. The van der Waals surface area contributed by atoms with Gasteiger partial charge in [-0.25, -0.2) is 0 Å². The average Bonchev–Trinajstić information content (AvgIpc) is 2.93. The van der Waals surface area contributed by atoms with Crippen molar-refractivity contribution in [2.45, 2.75) is 12.5 Å². The number of nitrogens with zero attached hydrogens (tertiary/aromatic N) is 1. The van der Waals surface area contributed by atoms with Crippen LogP contribution in [0.4, 0.5) is 5.69 Å². The molecule has 1 N–H and O–H groups in total. The van der Waals surface area contributed by atoms with Crippen LogP contribution in [0.25, 0.3) is 0 Å². The molecule has 4 heteroatoms. The number of hydrogen-bond acceptors (Lipinski definition) is 3. The minimum absolute atomic E-state index is 0.111. The van der Waals surface area contributed by atoms with Crippen LogP contribution in [-0.4, -0.2) is 29.4 Å². The lowest BCUT2D eigenvalue weighted by Gasteiger charge is -2.20. The molecule has 0 aliphatic heterocycles. The largest absolute Gasteiger partial charge is 0.480 e. The first-order chi connectivity index (χ1) is 7.18. The normalized spacial score (nSPS) is 18.7. The van der Waals surface area contributed by atoms with Gasteiger partial charge in [0.05, 0.1) is 6.04 Å². The summed E-state index contributed by atoms with van der Waals surface area (Å²) in [5.74, 6) is -0.807. The van der Waals surface area contributed by atoms with E-state index in [2.05, 4.69) is 0 Å². The van der Waals surface area contributed by atoms with Gasteiger partial charge >= 0.3 is 5.97 Å². The maximum Gasteiger partial charge on any atom is 0.323 e. The molecule has 1 aromatic carbocycles. The molecule has 2 rings (SSSR count). The fourth-order valence-electron chi connectivity index (χ4n) is 1.56. The second-order valence-electron chi connectivity index (χ2n) is 3.54. The molecule has 1 unspecified atom stereocenters. The number of carbonyl (C=O) groups is 2. The first-order valence-corrected chi connectivity index (χ1v) is 4.74. The number of rotatable bonds is 4. The highest BCUT2D eigenvalue weighted by Crippen LogP contribution is 2.27. The fraction of sp³-hybridized carbons (Fsp3) is 0.273. The Morgan fingerprint density at radius 2 is 2.00 bits per heavy atom. The van der Waals surface area contributed by atoms with E-state index in [1.165, 1.54) is 0 Å². The zero-order valence-electron chi connectivity index (χ0n) is 8.09. The van der Waals surface area contributed by atoms with Gasteiger partial charge in [-0.3, -0.25) is 9.59 Å². The lowest BCUT2D eigenvalue weighted by atomic mass is 10.3. The molecule has 1 aromatic rings. The van der Waals surface area contributed by atoms with Gasteiger partial charge in [-0.1, -0.05) is 18.2 Å². The number of ketones is 1. The van der Waals surface area contributed by atoms with Gasteiger partial charge in [0, 0.05) is 12.1 Å². The van der Waals surface area contributed by atoms with E-state index in [0.29, 0.717) is 6.42 Å². The van der Waals surface area contributed by atoms with E-state index in [-0.39, 0.29) is 18.4 Å². The molecule has 0 radical (unpaired) electrons. The van der Waals surface area contributed by atoms with Crippen molar-refractivity contribution in [2.24, 2.45) is 0 Å². The number of anilines is 1. The molecule has 1 aliphatic carbocycles. The Labute approximate surface area is 87.1 Å². The van der Waals surface area contributed by atoms with Crippen LogP contribution in [0.3, 0.4) is 0 Å². The molecule has 1 atom stereocenters. The Morgan fingerprint density at radius 1 is 1.40 bits per heavy atom. The van der Waals surface area contributed by atoms with E-state index in [9.17, 15) is 9.59 Å². The highest BCUT2D eigenvalue weighted by atomic mass is 16.4. The number of aliphatic carboxylic acids is 1. The third kappa shape index (κ3) is 2.15. The smallest absolute Gasteiger partial charge is 0.323 e. The SMILES string of the molecule is O=C(O)CN(c1ccccc1)C1CC1=O. The molecule has 4 nitrogen and oxygen atoms in total. The number of hydrogen-bond donors (Lipinski definition) is 1. The number of para-hydroxylation sites is 1. The second-order valence-corrected chi connectivity index (χ2v) is 3.54. The van der Waals surface area contributed by atoms with Crippen LogP contribution in [0.1, 0.15) is 6.42 Å². The van der Waals surface area contributed by atoms with Crippen LogP contribution in [-0.2, 0) is 9.59 Å². The van der Waals surface area contributed by atoms with E-state index in [0.717, 1.165) is 5.69 Å². The maximum atomic E-state index is 11.0. The first kappa shape index (κ1) is 9.71. The summed E-state index contributed by atoms with van der Waals surface area (Å²) in [6.45, 7) is -0.125. The number of carboxylic acid groups (broad SMARTS) is 1. The number of carboxylic acids is 1. The molecule has 0 bridgehead atoms. The van der Waals surface area contributed by atoms with Crippen LogP contribution in [0.5, 0.6) is 0 Å². The van der Waals surface area contributed by atoms with Crippen molar-refractivity contribution in [1.82, 2.24) is 0 Å². The molecule has 0 heterocycles. The van der Waals surface area contributed by atoms with Gasteiger partial charge in [-0.05, 0) is 12.1 Å². The van der Waals surface area contributed by atoms with Crippen LogP contribution in [0.2, 0.25) is 0 Å². The molecule has 1 saturated carbocycles. The minimum Gasteiger partial charge on any atom is -0.480 e. The van der Waals surface area contributed by atoms with E-state index in [1.54, 1.807) is 4.90 Å². The number of carbonyl (C=O) groups excluding carboxylic acids is 1. The summed E-state index contributed by atoms with van der Waals surface area (Å²) in [7, 11) is 0. The quantitative estimate of drug-likeness (QED) is 0.794. The summed E-state index contributed by atoms with van der Waals surface area (Å²) < 4.78 is 0. The Bertz CT molecular complexity index is 388.